The van der Waals surface area contributed by atoms with Gasteiger partial charge in [-0.25, -0.2) is 9.37 Å². The monoisotopic (exact) mass is 328 g/mol. The Morgan fingerprint density at radius 3 is 2.94 bits per heavy atom. The fourth-order valence-electron chi connectivity index (χ4n) is 1.58. The molecule has 0 spiro atoms. The van der Waals surface area contributed by atoms with Crippen LogP contribution in [0.1, 0.15) is 22.4 Å². The van der Waals surface area contributed by atoms with E-state index in [-0.39, 0.29) is 5.82 Å². The van der Waals surface area contributed by atoms with Crippen LogP contribution >= 0.6 is 27.3 Å². The highest BCUT2D eigenvalue weighted by atomic mass is 79.9. The zero-order chi connectivity index (χ0) is 13.0. The van der Waals surface area contributed by atoms with Gasteiger partial charge in [-0.3, -0.25) is 0 Å². The van der Waals surface area contributed by atoms with Crippen molar-refractivity contribution in [2.45, 2.75) is 26.4 Å². The molecule has 2 rings (SSSR count). The molecular weight excluding hydrogens is 315 g/mol. The van der Waals surface area contributed by atoms with Crippen molar-refractivity contribution in [2.75, 3.05) is 0 Å². The lowest BCUT2D eigenvalue weighted by Crippen LogP contribution is -2.13. The molecule has 0 fully saturated rings. The van der Waals surface area contributed by atoms with Crippen molar-refractivity contribution >= 4 is 27.3 Å². The maximum atomic E-state index is 13.1. The molecule has 1 aromatic heterocycles. The molecule has 0 saturated heterocycles. The molecule has 2 aromatic rings. The molecule has 5 heteroatoms. The summed E-state index contributed by atoms with van der Waals surface area (Å²) in [4.78, 5) is 5.62. The van der Waals surface area contributed by atoms with Crippen LogP contribution in [0.3, 0.4) is 0 Å². The van der Waals surface area contributed by atoms with Crippen molar-refractivity contribution in [1.29, 1.82) is 0 Å². The fourth-order valence-corrected chi connectivity index (χ4v) is 2.79. The first kappa shape index (κ1) is 13.6. The van der Waals surface area contributed by atoms with E-state index in [1.807, 2.05) is 6.20 Å². The van der Waals surface area contributed by atoms with E-state index < -0.39 is 0 Å². The van der Waals surface area contributed by atoms with Crippen molar-refractivity contribution in [3.8, 4) is 0 Å². The van der Waals surface area contributed by atoms with Gasteiger partial charge in [-0.2, -0.15) is 0 Å². The maximum absolute atomic E-state index is 13.1. The van der Waals surface area contributed by atoms with Crippen LogP contribution in [0.5, 0.6) is 0 Å². The Morgan fingerprint density at radius 1 is 1.39 bits per heavy atom. The molecule has 2 nitrogen and oxygen atoms in total. The van der Waals surface area contributed by atoms with Gasteiger partial charge in [0, 0.05) is 28.6 Å². The predicted molar refractivity (Wildman–Crippen MR) is 76.1 cm³/mol. The first-order chi connectivity index (χ1) is 8.69. The fraction of sp³-hybridized carbons (Fsp3) is 0.308. The molecule has 0 atom stereocenters. The number of halogens is 2. The summed E-state index contributed by atoms with van der Waals surface area (Å²) in [6.45, 7) is 3.46. The molecule has 0 saturated carbocycles. The summed E-state index contributed by atoms with van der Waals surface area (Å²) in [6, 6.07) is 4.71. The summed E-state index contributed by atoms with van der Waals surface area (Å²) < 4.78 is 14.0. The number of hydrogen-bond donors (Lipinski definition) is 1. The Morgan fingerprint density at radius 2 is 2.22 bits per heavy atom. The molecule has 0 unspecified atom stereocenters. The Hall–Kier alpha value is -0.780. The lowest BCUT2D eigenvalue weighted by atomic mass is 10.2. The van der Waals surface area contributed by atoms with Gasteiger partial charge in [0.15, 0.2) is 0 Å². The van der Waals surface area contributed by atoms with Crippen LogP contribution < -0.4 is 5.32 Å². The van der Waals surface area contributed by atoms with E-state index in [9.17, 15) is 4.39 Å². The third-order valence-corrected chi connectivity index (χ3v) is 4.46. The van der Waals surface area contributed by atoms with Crippen LogP contribution in [0, 0.1) is 5.82 Å². The number of aryl methyl sites for hydroxylation is 1. The molecule has 0 bridgehead atoms. The topological polar surface area (TPSA) is 24.9 Å². The lowest BCUT2D eigenvalue weighted by molar-refractivity contribution is 0.619. The smallest absolute Gasteiger partial charge is 0.123 e. The van der Waals surface area contributed by atoms with Gasteiger partial charge in [0.25, 0.3) is 0 Å². The summed E-state index contributed by atoms with van der Waals surface area (Å²) in [5, 5.41) is 4.34. The zero-order valence-electron chi connectivity index (χ0n) is 10.0. The van der Waals surface area contributed by atoms with E-state index in [1.165, 1.54) is 17.0 Å². The molecule has 1 aromatic carbocycles. The van der Waals surface area contributed by atoms with Gasteiger partial charge < -0.3 is 5.32 Å². The molecule has 1 heterocycles. The van der Waals surface area contributed by atoms with Crippen molar-refractivity contribution in [1.82, 2.24) is 10.3 Å². The summed E-state index contributed by atoms with van der Waals surface area (Å²) in [7, 11) is 0. The predicted octanol–water partition coefficient (Wildman–Crippen LogP) is 3.90. The average molecular weight is 329 g/mol. The van der Waals surface area contributed by atoms with Crippen LogP contribution in [-0.4, -0.2) is 4.98 Å². The number of rotatable bonds is 5. The Labute approximate surface area is 118 Å². The second kappa shape index (κ2) is 6.41. The molecule has 96 valence electrons. The molecule has 0 radical (unpaired) electrons. The largest absolute Gasteiger partial charge is 0.306 e. The quantitative estimate of drug-likeness (QED) is 0.900. The van der Waals surface area contributed by atoms with E-state index in [1.54, 1.807) is 17.4 Å². The summed E-state index contributed by atoms with van der Waals surface area (Å²) in [5.41, 5.74) is 0.919. The second-order valence-electron chi connectivity index (χ2n) is 3.91. The maximum Gasteiger partial charge on any atom is 0.123 e. The molecule has 0 aliphatic heterocycles. The van der Waals surface area contributed by atoms with E-state index in [4.69, 9.17) is 0 Å². The first-order valence-electron chi connectivity index (χ1n) is 5.77. The average Bonchev–Trinajstić information content (AvgIpc) is 2.81. The van der Waals surface area contributed by atoms with Crippen molar-refractivity contribution < 1.29 is 4.39 Å². The second-order valence-corrected chi connectivity index (χ2v) is 5.97. The van der Waals surface area contributed by atoms with Crippen molar-refractivity contribution in [3.63, 3.8) is 0 Å². The Kier molecular flexibility index (Phi) is 4.86. The Bertz CT molecular complexity index is 527. The van der Waals surface area contributed by atoms with Gasteiger partial charge in [-0.05, 0) is 30.2 Å². The number of nitrogens with one attached hydrogen (secondary N) is 1. The van der Waals surface area contributed by atoms with Crippen LogP contribution in [0.25, 0.3) is 0 Å². The van der Waals surface area contributed by atoms with Crippen LogP contribution in [-0.2, 0) is 19.5 Å². The van der Waals surface area contributed by atoms with Gasteiger partial charge in [-0.15, -0.1) is 11.3 Å². The van der Waals surface area contributed by atoms with Crippen LogP contribution in [0.15, 0.2) is 28.9 Å². The molecule has 1 N–H and O–H groups in total. The number of nitrogens with zero attached hydrogens (tertiary/aromatic N) is 1. The molecular formula is C13H14BrFN2S. The summed E-state index contributed by atoms with van der Waals surface area (Å²) in [5.74, 6) is -0.211. The molecule has 0 aliphatic carbocycles. The highest BCUT2D eigenvalue weighted by Crippen LogP contribution is 2.18. The van der Waals surface area contributed by atoms with E-state index in [0.29, 0.717) is 13.1 Å². The highest BCUT2D eigenvalue weighted by Gasteiger charge is 2.03. The Balaban J connectivity index is 1.90. The van der Waals surface area contributed by atoms with Crippen LogP contribution in [0.4, 0.5) is 4.39 Å². The number of benzene rings is 1. The number of thiazole rings is 1. The van der Waals surface area contributed by atoms with Gasteiger partial charge in [-0.1, -0.05) is 22.9 Å². The van der Waals surface area contributed by atoms with Gasteiger partial charge >= 0.3 is 0 Å². The third-order valence-electron chi connectivity index (χ3n) is 2.55. The van der Waals surface area contributed by atoms with Gasteiger partial charge in [0.05, 0.1) is 0 Å². The molecule has 0 aliphatic rings. The summed E-state index contributed by atoms with van der Waals surface area (Å²) in [6.07, 6.45) is 2.94. The number of hydrogen-bond acceptors (Lipinski definition) is 3. The van der Waals surface area contributed by atoms with Gasteiger partial charge in [0.2, 0.25) is 0 Å². The normalized spacial score (nSPS) is 10.8. The standard InChI is InChI=1S/C13H14BrFN2S/c1-2-11-7-17-13(18-11)8-16-6-9-5-10(15)3-4-12(9)14/h3-5,7,16H,2,6,8H2,1H3. The number of aromatic nitrogens is 1. The first-order valence-corrected chi connectivity index (χ1v) is 7.38. The van der Waals surface area contributed by atoms with Crippen LogP contribution in [0.2, 0.25) is 0 Å². The highest BCUT2D eigenvalue weighted by molar-refractivity contribution is 9.10. The third kappa shape index (κ3) is 3.60. The SMILES string of the molecule is CCc1cnc(CNCc2cc(F)ccc2Br)s1. The zero-order valence-corrected chi connectivity index (χ0v) is 12.4. The van der Waals surface area contributed by atoms with Crippen molar-refractivity contribution in [3.05, 3.63) is 50.1 Å². The lowest BCUT2D eigenvalue weighted by Gasteiger charge is -2.05. The molecule has 0 amide bonds. The summed E-state index contributed by atoms with van der Waals surface area (Å²) >= 11 is 5.13. The van der Waals surface area contributed by atoms with E-state index in [0.717, 1.165) is 21.5 Å². The van der Waals surface area contributed by atoms with E-state index in [2.05, 4.69) is 33.2 Å². The minimum absolute atomic E-state index is 0.211. The minimum atomic E-state index is -0.211. The van der Waals surface area contributed by atoms with E-state index >= 15 is 0 Å². The molecule has 18 heavy (non-hydrogen) atoms. The minimum Gasteiger partial charge on any atom is -0.306 e. The van der Waals surface area contributed by atoms with Gasteiger partial charge in [0.1, 0.15) is 10.8 Å². The van der Waals surface area contributed by atoms with Crippen molar-refractivity contribution in [2.24, 2.45) is 0 Å².